The molecule has 0 spiro atoms. The molecule has 15 rings (SSSR count). The van der Waals surface area contributed by atoms with Crippen LogP contribution in [0.2, 0.25) is 0 Å². The van der Waals surface area contributed by atoms with Gasteiger partial charge in [-0.25, -0.2) is 0 Å². The summed E-state index contributed by atoms with van der Waals surface area (Å²) in [5.41, 5.74) is 25.5. The van der Waals surface area contributed by atoms with E-state index in [1.54, 1.807) is 16.7 Å². The molecule has 0 radical (unpaired) electrons. The molecule has 0 bridgehead atoms. The smallest absolute Gasteiger partial charge is 0.253 e. The van der Waals surface area contributed by atoms with Crippen molar-refractivity contribution in [1.82, 2.24) is 0 Å². The number of anilines is 5. The summed E-state index contributed by atoms with van der Waals surface area (Å²) in [6.07, 6.45) is 19.0. The van der Waals surface area contributed by atoms with Crippen LogP contribution >= 0.6 is 0 Å². The van der Waals surface area contributed by atoms with E-state index in [-0.39, 0.29) is 12.1 Å². The van der Waals surface area contributed by atoms with Crippen LogP contribution in [0.4, 0.5) is 28.4 Å². The molecule has 3 fully saturated rings. The van der Waals surface area contributed by atoms with Crippen molar-refractivity contribution in [3.8, 4) is 11.1 Å². The van der Waals surface area contributed by atoms with E-state index in [1.807, 2.05) is 0 Å². The lowest BCUT2D eigenvalue weighted by atomic mass is 9.30. The third kappa shape index (κ3) is 5.26. The van der Waals surface area contributed by atoms with Crippen molar-refractivity contribution >= 4 is 51.6 Å². The monoisotopic (exact) mass is 850 g/mol. The van der Waals surface area contributed by atoms with Gasteiger partial charge in [-0.3, -0.25) is 0 Å². The van der Waals surface area contributed by atoms with Crippen LogP contribution < -0.4 is 20.7 Å². The molecule has 8 unspecified atom stereocenters. The van der Waals surface area contributed by atoms with Crippen LogP contribution in [0, 0.1) is 35.5 Å². The number of rotatable bonds is 6. The lowest BCUT2D eigenvalue weighted by Crippen LogP contribution is -2.57. The highest BCUT2D eigenvalue weighted by molar-refractivity contribution is 6.97. The second-order valence-electron chi connectivity index (χ2n) is 21.8. The van der Waals surface area contributed by atoms with Crippen LogP contribution in [-0.2, 0) is 5.41 Å². The molecule has 2 aliphatic heterocycles. The number of allylic oxidation sites excluding steroid dienone is 10. The Morgan fingerprint density at radius 2 is 1.30 bits per heavy atom. The standard InChI is InChI=1S/C63H55BN2/c1-38-30-42-31-43-32-45(58(42)43)35-53(38)41-22-26-49(27-23-41)65-54-18-9-16-51(39-12-5-3-6-13-39)60(54)64-61-52(40-14-7-4-8-15-40)17-10-19-55(61)66(57-21-11-20-56(65)62(57)64)50-28-24-48(25-29-50)63(2)36-46-33-44-34-47(37-63)59(44)46/h3-9,11-18,20-30,32,36,38,44-45,47,53,58-59H,10,19,31,33-35,37H2,1-2H3. The SMILES string of the molecule is CC1C=C2CC3=CC(CC1c1ccc(N4c5cccc(-c6ccccc6)c5B5C6=C(CCC=C6c6ccccc6)N(c6ccc(C7(C)C=C8CC9CC(C7)C89)cc6)c6cccc4c65)cc1)C23. The second kappa shape index (κ2) is 13.9. The molecule has 0 amide bonds. The summed E-state index contributed by atoms with van der Waals surface area (Å²) in [6.45, 7) is 5.01. The van der Waals surface area contributed by atoms with E-state index < -0.39 is 0 Å². The van der Waals surface area contributed by atoms with Gasteiger partial charge in [0.25, 0.3) is 6.71 Å². The molecule has 2 heterocycles. The Morgan fingerprint density at radius 1 is 0.621 bits per heavy atom. The summed E-state index contributed by atoms with van der Waals surface area (Å²) < 4.78 is 0. The maximum Gasteiger partial charge on any atom is 0.253 e. The Bertz CT molecular complexity index is 3190. The molecule has 0 saturated heterocycles. The Morgan fingerprint density at radius 3 is 2.05 bits per heavy atom. The largest absolute Gasteiger partial charge is 0.315 e. The highest BCUT2D eigenvalue weighted by Crippen LogP contribution is 2.65. The molecule has 8 atom stereocenters. The third-order valence-electron chi connectivity index (χ3n) is 18.3. The van der Waals surface area contributed by atoms with Crippen molar-refractivity contribution in [3.63, 3.8) is 0 Å². The average molecular weight is 851 g/mol. The Labute approximate surface area is 390 Å². The first-order chi connectivity index (χ1) is 32.5. The lowest BCUT2D eigenvalue weighted by Gasteiger charge is -2.60. The first kappa shape index (κ1) is 37.9. The second-order valence-corrected chi connectivity index (χ2v) is 21.8. The van der Waals surface area contributed by atoms with E-state index in [9.17, 15) is 0 Å². The van der Waals surface area contributed by atoms with Gasteiger partial charge in [0.2, 0.25) is 0 Å². The Kier molecular flexibility index (Phi) is 7.95. The summed E-state index contributed by atoms with van der Waals surface area (Å²) >= 11 is 0. The van der Waals surface area contributed by atoms with E-state index in [2.05, 4.69) is 194 Å². The molecule has 6 aromatic carbocycles. The molecule has 9 aliphatic rings. The van der Waals surface area contributed by atoms with Crippen molar-refractivity contribution in [2.24, 2.45) is 35.5 Å². The predicted octanol–water partition coefficient (Wildman–Crippen LogP) is 14.4. The zero-order valence-corrected chi connectivity index (χ0v) is 38.1. The van der Waals surface area contributed by atoms with Crippen LogP contribution in [0.15, 0.2) is 198 Å². The van der Waals surface area contributed by atoms with Gasteiger partial charge in [-0.15, -0.1) is 0 Å². The van der Waals surface area contributed by atoms with Gasteiger partial charge >= 0.3 is 0 Å². The van der Waals surface area contributed by atoms with Crippen molar-refractivity contribution in [2.45, 2.75) is 70.1 Å². The minimum Gasteiger partial charge on any atom is -0.315 e. The van der Waals surface area contributed by atoms with Gasteiger partial charge < -0.3 is 9.80 Å². The van der Waals surface area contributed by atoms with Crippen LogP contribution in [0.25, 0.3) is 16.7 Å². The summed E-state index contributed by atoms with van der Waals surface area (Å²) in [4.78, 5) is 5.29. The number of hydrogen-bond acceptors (Lipinski definition) is 2. The van der Waals surface area contributed by atoms with E-state index in [0.29, 0.717) is 17.8 Å². The average Bonchev–Trinajstić information content (AvgIpc) is 3.36. The van der Waals surface area contributed by atoms with Crippen LogP contribution in [0.5, 0.6) is 0 Å². The highest BCUT2D eigenvalue weighted by atomic mass is 15.2. The number of nitrogens with zero attached hydrogens (tertiary/aromatic N) is 2. The first-order valence-electron chi connectivity index (χ1n) is 25.2. The zero-order valence-electron chi connectivity index (χ0n) is 38.1. The van der Waals surface area contributed by atoms with Gasteiger partial charge in [0, 0.05) is 45.5 Å². The van der Waals surface area contributed by atoms with Crippen molar-refractivity contribution < 1.29 is 0 Å². The fourth-order valence-electron chi connectivity index (χ4n) is 15.3. The molecule has 0 aromatic heterocycles. The maximum atomic E-state index is 2.68. The summed E-state index contributed by atoms with van der Waals surface area (Å²) in [6, 6.07) is 56.3. The molecule has 3 saturated carbocycles. The maximum absolute atomic E-state index is 2.68. The first-order valence-corrected chi connectivity index (χ1v) is 25.2. The summed E-state index contributed by atoms with van der Waals surface area (Å²) in [5.74, 6) is 5.31. The number of hydrogen-bond donors (Lipinski definition) is 0. The van der Waals surface area contributed by atoms with E-state index in [1.165, 1.54) is 116 Å². The molecule has 2 nitrogen and oxygen atoms in total. The quantitative estimate of drug-likeness (QED) is 0.122. The molecule has 7 aliphatic carbocycles. The van der Waals surface area contributed by atoms with Gasteiger partial charge in [0.05, 0.1) is 0 Å². The minimum atomic E-state index is 0.0422. The molecular formula is C63H55BN2. The molecule has 66 heavy (non-hydrogen) atoms. The van der Waals surface area contributed by atoms with Gasteiger partial charge in [-0.1, -0.05) is 158 Å². The molecule has 320 valence electrons. The highest BCUT2D eigenvalue weighted by Gasteiger charge is 2.55. The molecule has 6 aromatic rings. The van der Waals surface area contributed by atoms with Crippen LogP contribution in [-0.4, -0.2) is 6.71 Å². The lowest BCUT2D eigenvalue weighted by molar-refractivity contribution is 0.00736. The zero-order chi connectivity index (χ0) is 43.4. The van der Waals surface area contributed by atoms with Crippen LogP contribution in [0.3, 0.4) is 0 Å². The normalized spacial score (nSPS) is 29.1. The van der Waals surface area contributed by atoms with Gasteiger partial charge in [0.15, 0.2) is 0 Å². The van der Waals surface area contributed by atoms with E-state index in [0.717, 1.165) is 36.5 Å². The van der Waals surface area contributed by atoms with Crippen molar-refractivity contribution in [3.05, 3.63) is 214 Å². The van der Waals surface area contributed by atoms with Gasteiger partial charge in [-0.05, 0) is 173 Å². The number of fused-ring (bicyclic) bond motifs is 3. The summed E-state index contributed by atoms with van der Waals surface area (Å²) in [5, 5.41) is 0. The molecule has 3 heteroatoms. The predicted molar refractivity (Wildman–Crippen MR) is 275 cm³/mol. The Balaban J connectivity index is 0.918. The molecule has 0 N–H and O–H groups in total. The fourth-order valence-corrected chi connectivity index (χ4v) is 15.3. The molecular weight excluding hydrogens is 796 g/mol. The van der Waals surface area contributed by atoms with Crippen molar-refractivity contribution in [1.29, 1.82) is 0 Å². The van der Waals surface area contributed by atoms with E-state index >= 15 is 0 Å². The topological polar surface area (TPSA) is 6.48 Å². The van der Waals surface area contributed by atoms with Gasteiger partial charge in [0.1, 0.15) is 0 Å². The van der Waals surface area contributed by atoms with Crippen LogP contribution in [0.1, 0.15) is 81.4 Å². The van der Waals surface area contributed by atoms with E-state index in [4.69, 9.17) is 0 Å². The number of benzene rings is 6. The van der Waals surface area contributed by atoms with Gasteiger partial charge in [-0.2, -0.15) is 0 Å². The summed E-state index contributed by atoms with van der Waals surface area (Å²) in [7, 11) is 0. The fraction of sp³-hybridized carbons (Fsp3) is 0.270. The third-order valence-corrected chi connectivity index (χ3v) is 18.3. The minimum absolute atomic E-state index is 0.0422. The Hall–Kier alpha value is -6.32. The van der Waals surface area contributed by atoms with Crippen molar-refractivity contribution in [2.75, 3.05) is 9.80 Å².